The minimum atomic E-state index is -0.178. The molecule has 0 aromatic heterocycles. The number of carbonyl (C=O) groups excluding carboxylic acids is 2. The van der Waals surface area contributed by atoms with Crippen LogP contribution in [0.2, 0.25) is 0 Å². The van der Waals surface area contributed by atoms with Crippen molar-refractivity contribution in [2.45, 2.75) is 20.8 Å². The highest BCUT2D eigenvalue weighted by Crippen LogP contribution is 2.19. The summed E-state index contributed by atoms with van der Waals surface area (Å²) in [5, 5.41) is 5.67. The molecule has 2 aromatic carbocycles. The second kappa shape index (κ2) is 7.42. The van der Waals surface area contributed by atoms with Crippen LogP contribution in [-0.4, -0.2) is 11.8 Å². The van der Waals surface area contributed by atoms with Gasteiger partial charge in [-0.25, -0.2) is 0 Å². The predicted octanol–water partition coefficient (Wildman–Crippen LogP) is 4.60. The molecule has 0 bridgehead atoms. The van der Waals surface area contributed by atoms with Gasteiger partial charge in [-0.1, -0.05) is 35.8 Å². The second-order valence-electron chi connectivity index (χ2n) is 5.64. The number of nitrogens with one attached hydrogen (secondary N) is 2. The molecule has 0 radical (unpaired) electrons. The summed E-state index contributed by atoms with van der Waals surface area (Å²) in [5.74, 6) is -0.335. The Morgan fingerprint density at radius 2 is 1.65 bits per heavy atom. The highest BCUT2D eigenvalue weighted by Gasteiger charge is 2.11. The van der Waals surface area contributed by atoms with E-state index in [1.54, 1.807) is 30.3 Å². The smallest absolute Gasteiger partial charge is 0.255 e. The molecule has 0 aliphatic carbocycles. The lowest BCUT2D eigenvalue weighted by molar-refractivity contribution is -0.118. The van der Waals surface area contributed by atoms with Crippen molar-refractivity contribution in [2.24, 2.45) is 5.92 Å². The summed E-state index contributed by atoms with van der Waals surface area (Å²) < 4.78 is 0.935. The predicted molar refractivity (Wildman–Crippen MR) is 96.7 cm³/mol. The van der Waals surface area contributed by atoms with E-state index in [1.807, 2.05) is 32.9 Å². The molecule has 0 fully saturated rings. The molecule has 0 atom stereocenters. The van der Waals surface area contributed by atoms with Crippen molar-refractivity contribution in [1.82, 2.24) is 0 Å². The number of aryl methyl sites for hydroxylation is 1. The minimum Gasteiger partial charge on any atom is -0.326 e. The Hall–Kier alpha value is -2.14. The van der Waals surface area contributed by atoms with E-state index >= 15 is 0 Å². The number of hydrogen-bond donors (Lipinski definition) is 2. The van der Waals surface area contributed by atoms with Gasteiger partial charge in [-0.3, -0.25) is 9.59 Å². The molecule has 23 heavy (non-hydrogen) atoms. The first-order chi connectivity index (χ1) is 10.9. The van der Waals surface area contributed by atoms with E-state index in [9.17, 15) is 9.59 Å². The van der Waals surface area contributed by atoms with Gasteiger partial charge in [-0.15, -0.1) is 0 Å². The first-order valence-corrected chi connectivity index (χ1v) is 8.14. The van der Waals surface area contributed by atoms with Crippen molar-refractivity contribution < 1.29 is 9.59 Å². The van der Waals surface area contributed by atoms with Gasteiger partial charge in [0, 0.05) is 27.3 Å². The lowest BCUT2D eigenvalue weighted by Crippen LogP contribution is -2.18. The third-order valence-corrected chi connectivity index (χ3v) is 3.84. The summed E-state index contributed by atoms with van der Waals surface area (Å²) in [5.41, 5.74) is 2.80. The summed E-state index contributed by atoms with van der Waals surface area (Å²) in [6.45, 7) is 5.55. The summed E-state index contributed by atoms with van der Waals surface area (Å²) in [6, 6.07) is 12.6. The van der Waals surface area contributed by atoms with Crippen LogP contribution in [0.3, 0.4) is 0 Å². The van der Waals surface area contributed by atoms with Crippen LogP contribution in [0.1, 0.15) is 29.8 Å². The molecule has 0 aliphatic rings. The fourth-order valence-corrected chi connectivity index (χ4v) is 2.52. The van der Waals surface area contributed by atoms with E-state index in [1.165, 1.54) is 0 Å². The maximum absolute atomic E-state index is 12.4. The zero-order valence-electron chi connectivity index (χ0n) is 13.3. The largest absolute Gasteiger partial charge is 0.326 e. The number of halogens is 1. The Balaban J connectivity index is 2.13. The highest BCUT2D eigenvalue weighted by molar-refractivity contribution is 9.10. The molecule has 2 aromatic rings. The van der Waals surface area contributed by atoms with Crippen LogP contribution in [0.4, 0.5) is 11.4 Å². The van der Waals surface area contributed by atoms with Gasteiger partial charge in [0.2, 0.25) is 5.91 Å². The molecule has 4 nitrogen and oxygen atoms in total. The normalized spacial score (nSPS) is 10.5. The molecule has 0 saturated carbocycles. The van der Waals surface area contributed by atoms with Gasteiger partial charge in [-0.05, 0) is 48.9 Å². The SMILES string of the molecule is Cc1cc(Br)ccc1C(=O)Nc1cccc(NC(=O)C(C)C)c1. The zero-order chi connectivity index (χ0) is 17.0. The third-order valence-electron chi connectivity index (χ3n) is 3.35. The standard InChI is InChI=1S/C18H19BrN2O2/c1-11(2)17(22)20-14-5-4-6-15(10-14)21-18(23)16-8-7-13(19)9-12(16)3/h4-11H,1-3H3,(H,20,22)(H,21,23). The lowest BCUT2D eigenvalue weighted by atomic mass is 10.1. The Labute approximate surface area is 144 Å². The van der Waals surface area contributed by atoms with Crippen molar-refractivity contribution in [3.8, 4) is 0 Å². The van der Waals surface area contributed by atoms with Crippen LogP contribution in [0.25, 0.3) is 0 Å². The van der Waals surface area contributed by atoms with Crippen LogP contribution in [0, 0.1) is 12.8 Å². The maximum atomic E-state index is 12.4. The Kier molecular flexibility index (Phi) is 5.55. The van der Waals surface area contributed by atoms with Crippen LogP contribution >= 0.6 is 15.9 Å². The first-order valence-electron chi connectivity index (χ1n) is 7.35. The highest BCUT2D eigenvalue weighted by atomic mass is 79.9. The van der Waals surface area contributed by atoms with Crippen LogP contribution in [-0.2, 0) is 4.79 Å². The average molecular weight is 375 g/mol. The van der Waals surface area contributed by atoms with Gasteiger partial charge in [-0.2, -0.15) is 0 Å². The van der Waals surface area contributed by atoms with Crippen molar-refractivity contribution in [3.63, 3.8) is 0 Å². The number of benzene rings is 2. The molecule has 2 amide bonds. The molecule has 0 saturated heterocycles. The molecule has 2 rings (SSSR count). The van der Waals surface area contributed by atoms with E-state index < -0.39 is 0 Å². The topological polar surface area (TPSA) is 58.2 Å². The van der Waals surface area contributed by atoms with Gasteiger partial charge in [0.15, 0.2) is 0 Å². The Morgan fingerprint density at radius 1 is 1.00 bits per heavy atom. The maximum Gasteiger partial charge on any atom is 0.255 e. The number of rotatable bonds is 4. The van der Waals surface area contributed by atoms with Crippen molar-refractivity contribution in [2.75, 3.05) is 10.6 Å². The monoisotopic (exact) mass is 374 g/mol. The van der Waals surface area contributed by atoms with Crippen molar-refractivity contribution in [3.05, 3.63) is 58.1 Å². The molecular formula is C18H19BrN2O2. The summed E-state index contributed by atoms with van der Waals surface area (Å²) in [7, 11) is 0. The molecular weight excluding hydrogens is 356 g/mol. The van der Waals surface area contributed by atoms with Crippen LogP contribution < -0.4 is 10.6 Å². The van der Waals surface area contributed by atoms with E-state index in [4.69, 9.17) is 0 Å². The Morgan fingerprint density at radius 3 is 2.26 bits per heavy atom. The fourth-order valence-electron chi connectivity index (χ4n) is 2.04. The van der Waals surface area contributed by atoms with E-state index in [-0.39, 0.29) is 17.7 Å². The Bertz CT molecular complexity index is 742. The van der Waals surface area contributed by atoms with Gasteiger partial charge >= 0.3 is 0 Å². The van der Waals surface area contributed by atoms with E-state index in [0.29, 0.717) is 16.9 Å². The number of amides is 2. The minimum absolute atomic E-state index is 0.0581. The zero-order valence-corrected chi connectivity index (χ0v) is 14.9. The summed E-state index contributed by atoms with van der Waals surface area (Å²) in [6.07, 6.45) is 0. The fraction of sp³-hybridized carbons (Fsp3) is 0.222. The summed E-state index contributed by atoms with van der Waals surface area (Å²) in [4.78, 5) is 24.1. The molecule has 2 N–H and O–H groups in total. The van der Waals surface area contributed by atoms with Crippen molar-refractivity contribution in [1.29, 1.82) is 0 Å². The molecule has 0 aliphatic heterocycles. The van der Waals surface area contributed by atoms with Gasteiger partial charge in [0.1, 0.15) is 0 Å². The second-order valence-corrected chi connectivity index (χ2v) is 6.55. The van der Waals surface area contributed by atoms with Gasteiger partial charge < -0.3 is 10.6 Å². The third kappa shape index (κ3) is 4.66. The van der Waals surface area contributed by atoms with Crippen molar-refractivity contribution >= 4 is 39.1 Å². The first kappa shape index (κ1) is 17.2. The molecule has 5 heteroatoms. The number of hydrogen-bond acceptors (Lipinski definition) is 2. The molecule has 120 valence electrons. The van der Waals surface area contributed by atoms with Gasteiger partial charge in [0.25, 0.3) is 5.91 Å². The summed E-state index contributed by atoms with van der Waals surface area (Å²) >= 11 is 3.38. The molecule has 0 heterocycles. The molecule has 0 spiro atoms. The lowest BCUT2D eigenvalue weighted by Gasteiger charge is -2.11. The van der Waals surface area contributed by atoms with E-state index in [0.717, 1.165) is 10.0 Å². The number of anilines is 2. The van der Waals surface area contributed by atoms with Crippen LogP contribution in [0.15, 0.2) is 46.9 Å². The number of carbonyl (C=O) groups is 2. The van der Waals surface area contributed by atoms with Crippen LogP contribution in [0.5, 0.6) is 0 Å². The van der Waals surface area contributed by atoms with Gasteiger partial charge in [0.05, 0.1) is 0 Å². The average Bonchev–Trinajstić information content (AvgIpc) is 2.47. The quantitative estimate of drug-likeness (QED) is 0.820. The van der Waals surface area contributed by atoms with E-state index in [2.05, 4.69) is 26.6 Å². The molecule has 0 unspecified atom stereocenters.